The SMILES string of the molecule is COC(=O)C/C(=C\c1ccc(Br)cc1)C(=O)OC. The van der Waals surface area contributed by atoms with Crippen molar-refractivity contribution < 1.29 is 19.1 Å². The van der Waals surface area contributed by atoms with Gasteiger partial charge >= 0.3 is 11.9 Å². The van der Waals surface area contributed by atoms with Gasteiger partial charge in [-0.1, -0.05) is 28.1 Å². The van der Waals surface area contributed by atoms with Gasteiger partial charge in [-0.3, -0.25) is 4.79 Å². The van der Waals surface area contributed by atoms with Gasteiger partial charge in [0.2, 0.25) is 0 Å². The fourth-order valence-electron chi connectivity index (χ4n) is 1.30. The number of esters is 2. The van der Waals surface area contributed by atoms with Crippen LogP contribution in [0.15, 0.2) is 34.3 Å². The molecule has 0 aliphatic carbocycles. The van der Waals surface area contributed by atoms with Crippen molar-refractivity contribution in [2.75, 3.05) is 14.2 Å². The fraction of sp³-hybridized carbons (Fsp3) is 0.231. The summed E-state index contributed by atoms with van der Waals surface area (Å²) in [5.41, 5.74) is 1.06. The minimum atomic E-state index is -0.539. The largest absolute Gasteiger partial charge is 0.469 e. The lowest BCUT2D eigenvalue weighted by Crippen LogP contribution is -2.10. The fourth-order valence-corrected chi connectivity index (χ4v) is 1.57. The monoisotopic (exact) mass is 312 g/mol. The van der Waals surface area contributed by atoms with Crippen LogP contribution in [0.25, 0.3) is 6.08 Å². The molecule has 0 bridgehead atoms. The van der Waals surface area contributed by atoms with Crippen LogP contribution in [0.4, 0.5) is 0 Å². The first-order valence-electron chi connectivity index (χ1n) is 5.18. The molecule has 5 heteroatoms. The van der Waals surface area contributed by atoms with Crippen LogP contribution < -0.4 is 0 Å². The predicted octanol–water partition coefficient (Wildman–Crippen LogP) is 2.57. The maximum absolute atomic E-state index is 11.5. The Balaban J connectivity index is 2.98. The molecule has 4 nitrogen and oxygen atoms in total. The number of carbonyl (C=O) groups excluding carboxylic acids is 2. The first-order chi connectivity index (χ1) is 8.56. The van der Waals surface area contributed by atoms with Gasteiger partial charge < -0.3 is 9.47 Å². The van der Waals surface area contributed by atoms with Crippen LogP contribution in [0.1, 0.15) is 12.0 Å². The van der Waals surface area contributed by atoms with Crippen molar-refractivity contribution in [3.8, 4) is 0 Å². The minimum Gasteiger partial charge on any atom is -0.469 e. The Kier molecular flexibility index (Phi) is 5.58. The molecule has 0 heterocycles. The molecule has 0 spiro atoms. The Labute approximate surface area is 114 Å². The maximum Gasteiger partial charge on any atom is 0.334 e. The Morgan fingerprint density at radius 2 is 1.78 bits per heavy atom. The van der Waals surface area contributed by atoms with E-state index in [4.69, 9.17) is 0 Å². The molecule has 0 aliphatic heterocycles. The highest BCUT2D eigenvalue weighted by atomic mass is 79.9. The minimum absolute atomic E-state index is 0.112. The van der Waals surface area contributed by atoms with Crippen LogP contribution in [-0.2, 0) is 19.1 Å². The molecule has 96 valence electrons. The van der Waals surface area contributed by atoms with E-state index >= 15 is 0 Å². The number of rotatable bonds is 4. The van der Waals surface area contributed by atoms with Gasteiger partial charge in [0.25, 0.3) is 0 Å². The molecule has 0 aromatic heterocycles. The summed E-state index contributed by atoms with van der Waals surface area (Å²) in [5.74, 6) is -1.02. The van der Waals surface area contributed by atoms with Crippen LogP contribution in [-0.4, -0.2) is 26.2 Å². The number of hydrogen-bond acceptors (Lipinski definition) is 4. The lowest BCUT2D eigenvalue weighted by molar-refractivity contribution is -0.143. The normalized spacial score (nSPS) is 10.9. The molecule has 0 atom stereocenters. The summed E-state index contributed by atoms with van der Waals surface area (Å²) in [7, 11) is 2.55. The summed E-state index contributed by atoms with van der Waals surface area (Å²) < 4.78 is 10.1. The van der Waals surface area contributed by atoms with Gasteiger partial charge in [0, 0.05) is 10.0 Å². The maximum atomic E-state index is 11.5. The molecule has 1 aromatic carbocycles. The number of carbonyl (C=O) groups is 2. The van der Waals surface area contributed by atoms with E-state index in [9.17, 15) is 9.59 Å². The van der Waals surface area contributed by atoms with Crippen LogP contribution >= 0.6 is 15.9 Å². The molecular weight excluding hydrogens is 300 g/mol. The second-order valence-electron chi connectivity index (χ2n) is 3.47. The second-order valence-corrected chi connectivity index (χ2v) is 4.38. The van der Waals surface area contributed by atoms with Crippen LogP contribution in [0.3, 0.4) is 0 Å². The van der Waals surface area contributed by atoms with Crippen molar-refractivity contribution in [1.29, 1.82) is 0 Å². The van der Waals surface area contributed by atoms with Crippen molar-refractivity contribution in [2.45, 2.75) is 6.42 Å². The Morgan fingerprint density at radius 1 is 1.17 bits per heavy atom. The van der Waals surface area contributed by atoms with Gasteiger partial charge in [0.05, 0.1) is 20.6 Å². The molecule has 0 N–H and O–H groups in total. The third-order valence-electron chi connectivity index (χ3n) is 2.22. The number of hydrogen-bond donors (Lipinski definition) is 0. The number of halogens is 1. The summed E-state index contributed by atoms with van der Waals surface area (Å²) in [6.07, 6.45) is 1.49. The Hall–Kier alpha value is -1.62. The van der Waals surface area contributed by atoms with Gasteiger partial charge in [-0.25, -0.2) is 4.79 Å². The van der Waals surface area contributed by atoms with Gasteiger partial charge in [-0.05, 0) is 23.8 Å². The zero-order chi connectivity index (χ0) is 13.5. The van der Waals surface area contributed by atoms with E-state index in [0.717, 1.165) is 10.0 Å². The van der Waals surface area contributed by atoms with E-state index in [1.165, 1.54) is 14.2 Å². The second kappa shape index (κ2) is 6.96. The molecule has 1 aromatic rings. The van der Waals surface area contributed by atoms with Gasteiger partial charge in [-0.2, -0.15) is 0 Å². The van der Waals surface area contributed by atoms with E-state index in [1.54, 1.807) is 6.08 Å². The molecule has 1 rings (SSSR count). The zero-order valence-corrected chi connectivity index (χ0v) is 11.7. The van der Waals surface area contributed by atoms with E-state index in [0.29, 0.717) is 0 Å². The highest BCUT2D eigenvalue weighted by molar-refractivity contribution is 9.10. The standard InChI is InChI=1S/C13H13BrO4/c1-17-12(15)8-10(13(16)18-2)7-9-3-5-11(14)6-4-9/h3-7H,8H2,1-2H3/b10-7+. The van der Waals surface area contributed by atoms with Crippen LogP contribution in [0, 0.1) is 0 Å². The first-order valence-corrected chi connectivity index (χ1v) is 5.97. The lowest BCUT2D eigenvalue weighted by Gasteiger charge is -2.04. The molecule has 0 radical (unpaired) electrons. The van der Waals surface area contributed by atoms with Crippen LogP contribution in [0.2, 0.25) is 0 Å². The average Bonchev–Trinajstić information content (AvgIpc) is 2.39. The summed E-state index contributed by atoms with van der Waals surface area (Å²) in [4.78, 5) is 22.7. The topological polar surface area (TPSA) is 52.6 Å². The highest BCUT2D eigenvalue weighted by Gasteiger charge is 2.14. The van der Waals surface area contributed by atoms with E-state index in [1.807, 2.05) is 24.3 Å². The molecule has 0 saturated carbocycles. The van der Waals surface area contributed by atoms with Crippen molar-refractivity contribution in [3.63, 3.8) is 0 Å². The molecule has 18 heavy (non-hydrogen) atoms. The van der Waals surface area contributed by atoms with E-state index in [-0.39, 0.29) is 12.0 Å². The molecule has 0 amide bonds. The third-order valence-corrected chi connectivity index (χ3v) is 2.75. The third kappa shape index (κ3) is 4.33. The summed E-state index contributed by atoms with van der Waals surface area (Å²) in [6.45, 7) is 0. The van der Waals surface area contributed by atoms with Gasteiger partial charge in [-0.15, -0.1) is 0 Å². The van der Waals surface area contributed by atoms with Crippen molar-refractivity contribution in [2.24, 2.45) is 0 Å². The zero-order valence-electron chi connectivity index (χ0n) is 10.1. The highest BCUT2D eigenvalue weighted by Crippen LogP contribution is 2.15. The summed E-state index contributed by atoms with van der Waals surface area (Å²) >= 11 is 3.32. The van der Waals surface area contributed by atoms with Gasteiger partial charge in [0.1, 0.15) is 0 Å². The van der Waals surface area contributed by atoms with Crippen molar-refractivity contribution in [1.82, 2.24) is 0 Å². The average molecular weight is 313 g/mol. The smallest absolute Gasteiger partial charge is 0.334 e. The predicted molar refractivity (Wildman–Crippen MR) is 70.8 cm³/mol. The summed E-state index contributed by atoms with van der Waals surface area (Å²) in [6, 6.07) is 7.34. The van der Waals surface area contributed by atoms with E-state index < -0.39 is 11.9 Å². The number of ether oxygens (including phenoxy) is 2. The first kappa shape index (κ1) is 14.4. The molecule has 0 saturated heterocycles. The number of methoxy groups -OCH3 is 2. The van der Waals surface area contributed by atoms with Crippen molar-refractivity contribution in [3.05, 3.63) is 39.9 Å². The number of benzene rings is 1. The van der Waals surface area contributed by atoms with Crippen LogP contribution in [0.5, 0.6) is 0 Å². The van der Waals surface area contributed by atoms with Gasteiger partial charge in [0.15, 0.2) is 0 Å². The molecule has 0 aliphatic rings. The Bertz CT molecular complexity index is 462. The quantitative estimate of drug-likeness (QED) is 0.633. The summed E-state index contributed by atoms with van der Waals surface area (Å²) in [5, 5.41) is 0. The Morgan fingerprint density at radius 3 is 2.28 bits per heavy atom. The molecule has 0 unspecified atom stereocenters. The van der Waals surface area contributed by atoms with E-state index in [2.05, 4.69) is 25.4 Å². The molecule has 0 fully saturated rings. The lowest BCUT2D eigenvalue weighted by atomic mass is 10.1. The van der Waals surface area contributed by atoms with Crippen molar-refractivity contribution >= 4 is 33.9 Å². The molecular formula is C13H13BrO4.